The highest BCUT2D eigenvalue weighted by Crippen LogP contribution is 2.24. The third-order valence-electron chi connectivity index (χ3n) is 3.32. The minimum absolute atomic E-state index is 0.232. The lowest BCUT2D eigenvalue weighted by atomic mass is 10.0. The van der Waals surface area contributed by atoms with E-state index in [-0.39, 0.29) is 6.42 Å². The zero-order valence-corrected chi connectivity index (χ0v) is 13.4. The Kier molecular flexibility index (Phi) is 6.52. The lowest BCUT2D eigenvalue weighted by molar-refractivity contribution is -0.137. The summed E-state index contributed by atoms with van der Waals surface area (Å²) in [6, 6.07) is 9.00. The van der Waals surface area contributed by atoms with Crippen molar-refractivity contribution >= 4 is 21.9 Å². The van der Waals surface area contributed by atoms with Crippen molar-refractivity contribution in [1.29, 1.82) is 0 Å². The summed E-state index contributed by atoms with van der Waals surface area (Å²) in [6.07, 6.45) is 0.921. The molecule has 0 amide bonds. The first-order valence-electron chi connectivity index (χ1n) is 6.64. The number of nitrogens with zero attached hydrogens (tertiary/aromatic N) is 1. The second kappa shape index (κ2) is 7.65. The van der Waals surface area contributed by atoms with Crippen LogP contribution >= 0.6 is 15.9 Å². The van der Waals surface area contributed by atoms with E-state index in [1.165, 1.54) is 5.56 Å². The summed E-state index contributed by atoms with van der Waals surface area (Å²) in [5.74, 6) is -0.722. The maximum Gasteiger partial charge on any atom is 0.303 e. The van der Waals surface area contributed by atoms with Crippen LogP contribution in [0.1, 0.15) is 45.2 Å². The summed E-state index contributed by atoms with van der Waals surface area (Å²) < 4.78 is 1.07. The van der Waals surface area contributed by atoms with Gasteiger partial charge in [0.2, 0.25) is 0 Å². The van der Waals surface area contributed by atoms with Crippen LogP contribution in [0.5, 0.6) is 0 Å². The number of halogens is 1. The minimum atomic E-state index is -0.722. The molecule has 0 bridgehead atoms. The van der Waals surface area contributed by atoms with Crippen LogP contribution in [0.3, 0.4) is 0 Å². The summed E-state index contributed by atoms with van der Waals surface area (Å²) in [7, 11) is 0. The number of rotatable bonds is 7. The van der Waals surface area contributed by atoms with Crippen LogP contribution in [0.25, 0.3) is 0 Å². The fourth-order valence-corrected chi connectivity index (χ4v) is 2.51. The monoisotopic (exact) mass is 327 g/mol. The molecule has 3 nitrogen and oxygen atoms in total. The maximum absolute atomic E-state index is 10.6. The molecule has 1 atom stereocenters. The van der Waals surface area contributed by atoms with Crippen molar-refractivity contribution in [2.75, 3.05) is 6.54 Å². The standard InChI is InChI=1S/C15H22BrNO2/c1-11(2)17(10-4-5-15(18)19)12(3)13-6-8-14(16)9-7-13/h6-9,11-12H,4-5,10H2,1-3H3,(H,18,19). The van der Waals surface area contributed by atoms with Gasteiger partial charge in [-0.15, -0.1) is 0 Å². The molecule has 1 aromatic carbocycles. The Bertz CT molecular complexity index is 403. The van der Waals surface area contributed by atoms with E-state index < -0.39 is 5.97 Å². The van der Waals surface area contributed by atoms with E-state index in [4.69, 9.17) is 5.11 Å². The fourth-order valence-electron chi connectivity index (χ4n) is 2.24. The predicted octanol–water partition coefficient (Wildman–Crippen LogP) is 4.09. The van der Waals surface area contributed by atoms with Crippen molar-refractivity contribution in [3.63, 3.8) is 0 Å². The van der Waals surface area contributed by atoms with Crippen molar-refractivity contribution in [3.8, 4) is 0 Å². The Morgan fingerprint density at radius 1 is 1.26 bits per heavy atom. The molecular weight excluding hydrogens is 306 g/mol. The Balaban J connectivity index is 2.69. The minimum Gasteiger partial charge on any atom is -0.481 e. The van der Waals surface area contributed by atoms with Gasteiger partial charge in [0.15, 0.2) is 0 Å². The molecule has 4 heteroatoms. The average molecular weight is 328 g/mol. The number of aliphatic carboxylic acids is 1. The van der Waals surface area contributed by atoms with Crippen molar-refractivity contribution in [3.05, 3.63) is 34.3 Å². The van der Waals surface area contributed by atoms with Gasteiger partial charge in [-0.1, -0.05) is 28.1 Å². The molecule has 0 radical (unpaired) electrons. The van der Waals surface area contributed by atoms with Crippen molar-refractivity contribution in [2.45, 2.75) is 45.7 Å². The molecule has 0 aliphatic rings. The van der Waals surface area contributed by atoms with Gasteiger partial charge in [-0.05, 0) is 51.4 Å². The first-order chi connectivity index (χ1) is 8.91. The first kappa shape index (κ1) is 16.2. The summed E-state index contributed by atoms with van der Waals surface area (Å²) >= 11 is 3.44. The zero-order chi connectivity index (χ0) is 14.4. The van der Waals surface area contributed by atoms with Crippen LogP contribution in [-0.2, 0) is 4.79 Å². The summed E-state index contributed by atoms with van der Waals surface area (Å²) in [5.41, 5.74) is 1.26. The second-order valence-corrected chi connectivity index (χ2v) is 5.97. The Morgan fingerprint density at radius 3 is 2.32 bits per heavy atom. The van der Waals surface area contributed by atoms with Gasteiger partial charge in [0.05, 0.1) is 0 Å². The van der Waals surface area contributed by atoms with Gasteiger partial charge < -0.3 is 5.11 Å². The van der Waals surface area contributed by atoms with E-state index in [0.29, 0.717) is 18.5 Å². The quantitative estimate of drug-likeness (QED) is 0.820. The van der Waals surface area contributed by atoms with E-state index >= 15 is 0 Å². The van der Waals surface area contributed by atoms with Gasteiger partial charge >= 0.3 is 5.97 Å². The molecule has 1 N–H and O–H groups in total. The largest absolute Gasteiger partial charge is 0.481 e. The lowest BCUT2D eigenvalue weighted by Crippen LogP contribution is -2.34. The number of hydrogen-bond donors (Lipinski definition) is 1. The van der Waals surface area contributed by atoms with Crippen LogP contribution in [0.2, 0.25) is 0 Å². The molecule has 0 heterocycles. The van der Waals surface area contributed by atoms with Crippen LogP contribution in [0, 0.1) is 0 Å². The molecule has 0 aliphatic carbocycles. The smallest absolute Gasteiger partial charge is 0.303 e. The van der Waals surface area contributed by atoms with E-state index in [2.05, 4.69) is 53.7 Å². The summed E-state index contributed by atoms with van der Waals surface area (Å²) in [4.78, 5) is 12.9. The van der Waals surface area contributed by atoms with Crippen LogP contribution in [0.15, 0.2) is 28.7 Å². The highest BCUT2D eigenvalue weighted by Gasteiger charge is 2.18. The van der Waals surface area contributed by atoms with Crippen LogP contribution in [0.4, 0.5) is 0 Å². The molecule has 0 fully saturated rings. The first-order valence-corrected chi connectivity index (χ1v) is 7.44. The van der Waals surface area contributed by atoms with Crippen molar-refractivity contribution < 1.29 is 9.90 Å². The van der Waals surface area contributed by atoms with Gasteiger partial charge in [0, 0.05) is 23.0 Å². The third kappa shape index (κ3) is 5.33. The van der Waals surface area contributed by atoms with Crippen LogP contribution in [-0.4, -0.2) is 28.6 Å². The SMILES string of the molecule is CC(C)N(CCCC(=O)O)C(C)c1ccc(Br)cc1. The second-order valence-electron chi connectivity index (χ2n) is 5.06. The number of carboxylic acid groups (broad SMARTS) is 1. The molecule has 0 saturated heterocycles. The molecule has 19 heavy (non-hydrogen) atoms. The number of benzene rings is 1. The fraction of sp³-hybridized carbons (Fsp3) is 0.533. The Morgan fingerprint density at radius 2 is 1.84 bits per heavy atom. The molecule has 1 unspecified atom stereocenters. The molecule has 106 valence electrons. The van der Waals surface area contributed by atoms with Gasteiger partial charge in [0.25, 0.3) is 0 Å². The Labute approximate surface area is 123 Å². The third-order valence-corrected chi connectivity index (χ3v) is 3.85. The molecule has 0 aliphatic heterocycles. The summed E-state index contributed by atoms with van der Waals surface area (Å²) in [6.45, 7) is 7.28. The molecule has 1 aromatic rings. The molecule has 0 saturated carbocycles. The van der Waals surface area contributed by atoms with E-state index in [0.717, 1.165) is 11.0 Å². The molecule has 0 spiro atoms. The Hall–Kier alpha value is -0.870. The van der Waals surface area contributed by atoms with E-state index in [1.54, 1.807) is 0 Å². The normalized spacial score (nSPS) is 12.9. The maximum atomic E-state index is 10.6. The highest BCUT2D eigenvalue weighted by atomic mass is 79.9. The summed E-state index contributed by atoms with van der Waals surface area (Å²) in [5, 5.41) is 8.73. The number of hydrogen-bond acceptors (Lipinski definition) is 2. The van der Waals surface area contributed by atoms with Gasteiger partial charge in [-0.25, -0.2) is 0 Å². The molecule has 1 rings (SSSR count). The zero-order valence-electron chi connectivity index (χ0n) is 11.8. The van der Waals surface area contributed by atoms with Crippen molar-refractivity contribution in [1.82, 2.24) is 4.90 Å². The van der Waals surface area contributed by atoms with Crippen LogP contribution < -0.4 is 0 Å². The molecule has 0 aromatic heterocycles. The van der Waals surface area contributed by atoms with Gasteiger partial charge in [-0.2, -0.15) is 0 Å². The number of carbonyl (C=O) groups is 1. The predicted molar refractivity (Wildman–Crippen MR) is 81.3 cm³/mol. The average Bonchev–Trinajstić information content (AvgIpc) is 2.34. The topological polar surface area (TPSA) is 40.5 Å². The van der Waals surface area contributed by atoms with Gasteiger partial charge in [0.1, 0.15) is 0 Å². The van der Waals surface area contributed by atoms with Gasteiger partial charge in [-0.3, -0.25) is 9.69 Å². The van der Waals surface area contributed by atoms with E-state index in [1.807, 2.05) is 12.1 Å². The van der Waals surface area contributed by atoms with Crippen molar-refractivity contribution in [2.24, 2.45) is 0 Å². The molecular formula is C15H22BrNO2. The van der Waals surface area contributed by atoms with E-state index in [9.17, 15) is 4.79 Å². The number of carboxylic acids is 1. The lowest BCUT2D eigenvalue weighted by Gasteiger charge is -2.33. The highest BCUT2D eigenvalue weighted by molar-refractivity contribution is 9.10.